The minimum absolute atomic E-state index is 0.188. The Morgan fingerprint density at radius 2 is 1.71 bits per heavy atom. The first-order valence-corrected chi connectivity index (χ1v) is 7.19. The Hall–Kier alpha value is -1.87. The SMILES string of the molecule is CNC(Cc1ccccc1C)Cc1cccc(OC)c1F. The van der Waals surface area contributed by atoms with Gasteiger partial charge in [-0.2, -0.15) is 0 Å². The van der Waals surface area contributed by atoms with E-state index in [9.17, 15) is 4.39 Å². The number of ether oxygens (including phenoxy) is 1. The van der Waals surface area contributed by atoms with Gasteiger partial charge in [-0.3, -0.25) is 0 Å². The van der Waals surface area contributed by atoms with Crippen molar-refractivity contribution in [3.8, 4) is 5.75 Å². The van der Waals surface area contributed by atoms with Gasteiger partial charge in [-0.25, -0.2) is 4.39 Å². The molecule has 1 unspecified atom stereocenters. The van der Waals surface area contributed by atoms with Crippen molar-refractivity contribution < 1.29 is 9.13 Å². The third kappa shape index (κ3) is 3.82. The quantitative estimate of drug-likeness (QED) is 0.878. The second-order valence-electron chi connectivity index (χ2n) is 5.25. The second-order valence-corrected chi connectivity index (χ2v) is 5.25. The lowest BCUT2D eigenvalue weighted by molar-refractivity contribution is 0.382. The van der Waals surface area contributed by atoms with Crippen LogP contribution in [-0.4, -0.2) is 20.2 Å². The molecule has 0 radical (unpaired) electrons. The molecule has 0 saturated carbocycles. The maximum atomic E-state index is 14.2. The average molecular weight is 287 g/mol. The molecule has 0 aromatic heterocycles. The monoisotopic (exact) mass is 287 g/mol. The molecule has 0 aliphatic rings. The van der Waals surface area contributed by atoms with Crippen molar-refractivity contribution in [1.29, 1.82) is 0 Å². The van der Waals surface area contributed by atoms with E-state index < -0.39 is 0 Å². The number of rotatable bonds is 6. The minimum Gasteiger partial charge on any atom is -0.494 e. The van der Waals surface area contributed by atoms with E-state index in [2.05, 4.69) is 24.4 Å². The van der Waals surface area contributed by atoms with Crippen LogP contribution in [0.25, 0.3) is 0 Å². The maximum absolute atomic E-state index is 14.2. The fourth-order valence-electron chi connectivity index (χ4n) is 2.52. The minimum atomic E-state index is -0.259. The molecule has 2 nitrogen and oxygen atoms in total. The van der Waals surface area contributed by atoms with Gasteiger partial charge in [0.2, 0.25) is 0 Å². The van der Waals surface area contributed by atoms with E-state index in [-0.39, 0.29) is 11.9 Å². The summed E-state index contributed by atoms with van der Waals surface area (Å²) in [6.45, 7) is 2.11. The van der Waals surface area contributed by atoms with Gasteiger partial charge in [0.25, 0.3) is 0 Å². The first-order valence-electron chi connectivity index (χ1n) is 7.19. The van der Waals surface area contributed by atoms with Gasteiger partial charge in [0.05, 0.1) is 7.11 Å². The Balaban J connectivity index is 2.15. The van der Waals surface area contributed by atoms with Crippen LogP contribution in [-0.2, 0) is 12.8 Å². The molecule has 0 amide bonds. The molecule has 2 aromatic carbocycles. The zero-order valence-corrected chi connectivity index (χ0v) is 12.8. The lowest BCUT2D eigenvalue weighted by atomic mass is 9.96. The molecule has 1 atom stereocenters. The Morgan fingerprint density at radius 3 is 2.38 bits per heavy atom. The number of likely N-dealkylation sites (N-methyl/N-ethyl adjacent to an activating group) is 1. The van der Waals surface area contributed by atoms with Crippen LogP contribution < -0.4 is 10.1 Å². The lowest BCUT2D eigenvalue weighted by Crippen LogP contribution is -2.30. The van der Waals surface area contributed by atoms with Crippen LogP contribution in [0.15, 0.2) is 42.5 Å². The molecule has 2 aromatic rings. The predicted molar refractivity (Wildman–Crippen MR) is 84.4 cm³/mol. The summed E-state index contributed by atoms with van der Waals surface area (Å²) >= 11 is 0. The number of hydrogen-bond acceptors (Lipinski definition) is 2. The zero-order chi connectivity index (χ0) is 15.2. The van der Waals surface area contributed by atoms with Crippen molar-refractivity contribution in [1.82, 2.24) is 5.32 Å². The maximum Gasteiger partial charge on any atom is 0.168 e. The molecule has 0 spiro atoms. The average Bonchev–Trinajstić information content (AvgIpc) is 2.50. The van der Waals surface area contributed by atoms with Crippen molar-refractivity contribution in [2.45, 2.75) is 25.8 Å². The molecule has 3 heteroatoms. The van der Waals surface area contributed by atoms with Gasteiger partial charge in [0.1, 0.15) is 0 Å². The van der Waals surface area contributed by atoms with Gasteiger partial charge < -0.3 is 10.1 Å². The summed E-state index contributed by atoms with van der Waals surface area (Å²) in [7, 11) is 3.41. The molecule has 1 N–H and O–H groups in total. The molecule has 0 bridgehead atoms. The molecule has 0 fully saturated rings. The van der Waals surface area contributed by atoms with Crippen LogP contribution in [0.1, 0.15) is 16.7 Å². The van der Waals surface area contributed by atoms with E-state index in [1.54, 1.807) is 6.07 Å². The number of benzene rings is 2. The topological polar surface area (TPSA) is 21.3 Å². The Bertz CT molecular complexity index is 598. The molecular weight excluding hydrogens is 265 g/mol. The van der Waals surface area contributed by atoms with Crippen LogP contribution >= 0.6 is 0 Å². The standard InChI is InChI=1S/C18H22FNO/c1-13-7-4-5-8-14(13)11-16(20-2)12-15-9-6-10-17(21-3)18(15)19/h4-10,16,20H,11-12H2,1-3H3. The predicted octanol–water partition coefficient (Wildman–Crippen LogP) is 3.52. The Kier molecular flexibility index (Phi) is 5.34. The van der Waals surface area contributed by atoms with Crippen LogP contribution in [0.4, 0.5) is 4.39 Å². The molecule has 21 heavy (non-hydrogen) atoms. The Labute approximate surface area is 126 Å². The highest BCUT2D eigenvalue weighted by Crippen LogP contribution is 2.22. The first-order chi connectivity index (χ1) is 10.2. The molecule has 0 heterocycles. The summed E-state index contributed by atoms with van der Waals surface area (Å²) < 4.78 is 19.3. The molecule has 0 aliphatic heterocycles. The summed E-state index contributed by atoms with van der Waals surface area (Å²) in [4.78, 5) is 0. The third-order valence-electron chi connectivity index (χ3n) is 3.87. The normalized spacial score (nSPS) is 12.2. The van der Waals surface area contributed by atoms with Crippen LogP contribution in [0, 0.1) is 12.7 Å². The summed E-state index contributed by atoms with van der Waals surface area (Å²) in [6, 6.07) is 13.8. The van der Waals surface area contributed by atoms with E-state index in [0.717, 1.165) is 6.42 Å². The van der Waals surface area contributed by atoms with E-state index in [4.69, 9.17) is 4.74 Å². The number of nitrogens with one attached hydrogen (secondary N) is 1. The summed E-state index contributed by atoms with van der Waals surface area (Å²) in [6.07, 6.45) is 1.51. The number of halogens is 1. The first kappa shape index (κ1) is 15.5. The summed E-state index contributed by atoms with van der Waals surface area (Å²) in [5.41, 5.74) is 3.24. The van der Waals surface area contributed by atoms with E-state index in [1.807, 2.05) is 31.3 Å². The molecule has 112 valence electrons. The fraction of sp³-hybridized carbons (Fsp3) is 0.333. The number of methoxy groups -OCH3 is 1. The Morgan fingerprint density at radius 1 is 1.05 bits per heavy atom. The smallest absolute Gasteiger partial charge is 0.168 e. The van der Waals surface area contributed by atoms with Gasteiger partial charge in [-0.15, -0.1) is 0 Å². The largest absolute Gasteiger partial charge is 0.494 e. The van der Waals surface area contributed by atoms with Crippen molar-refractivity contribution in [2.24, 2.45) is 0 Å². The van der Waals surface area contributed by atoms with E-state index >= 15 is 0 Å². The van der Waals surface area contributed by atoms with Crippen molar-refractivity contribution in [2.75, 3.05) is 14.2 Å². The number of hydrogen-bond donors (Lipinski definition) is 1. The molecule has 2 rings (SSSR count). The highest BCUT2D eigenvalue weighted by molar-refractivity contribution is 5.32. The molecule has 0 saturated heterocycles. The second kappa shape index (κ2) is 7.23. The van der Waals surface area contributed by atoms with Gasteiger partial charge in [0, 0.05) is 6.04 Å². The highest BCUT2D eigenvalue weighted by atomic mass is 19.1. The number of aryl methyl sites for hydroxylation is 1. The van der Waals surface area contributed by atoms with Crippen molar-refractivity contribution >= 4 is 0 Å². The zero-order valence-electron chi connectivity index (χ0n) is 12.8. The van der Waals surface area contributed by atoms with Crippen LogP contribution in [0.5, 0.6) is 5.75 Å². The highest BCUT2D eigenvalue weighted by Gasteiger charge is 2.14. The van der Waals surface area contributed by atoms with E-state index in [0.29, 0.717) is 17.7 Å². The fourth-order valence-corrected chi connectivity index (χ4v) is 2.52. The van der Waals surface area contributed by atoms with Crippen molar-refractivity contribution in [3.05, 3.63) is 65.0 Å². The summed E-state index contributed by atoms with van der Waals surface area (Å²) in [5.74, 6) is 0.0447. The van der Waals surface area contributed by atoms with Gasteiger partial charge >= 0.3 is 0 Å². The molecule has 0 aliphatic carbocycles. The van der Waals surface area contributed by atoms with Crippen molar-refractivity contribution in [3.63, 3.8) is 0 Å². The molecular formula is C18H22FNO. The summed E-state index contributed by atoms with van der Waals surface area (Å²) in [5, 5.41) is 3.28. The van der Waals surface area contributed by atoms with Crippen LogP contribution in [0.2, 0.25) is 0 Å². The van der Waals surface area contributed by atoms with Gasteiger partial charge in [-0.05, 0) is 49.6 Å². The third-order valence-corrected chi connectivity index (χ3v) is 3.87. The van der Waals surface area contributed by atoms with Gasteiger partial charge in [-0.1, -0.05) is 36.4 Å². The van der Waals surface area contributed by atoms with Crippen LogP contribution in [0.3, 0.4) is 0 Å². The lowest BCUT2D eigenvalue weighted by Gasteiger charge is -2.18. The van der Waals surface area contributed by atoms with E-state index in [1.165, 1.54) is 18.2 Å². The van der Waals surface area contributed by atoms with Gasteiger partial charge in [0.15, 0.2) is 11.6 Å².